The molecular weight excluding hydrogens is 290 g/mol. The molecule has 0 radical (unpaired) electrons. The largest absolute Gasteiger partial charge is 0.349 e. The van der Waals surface area contributed by atoms with Crippen LogP contribution >= 0.6 is 0 Å². The van der Waals surface area contributed by atoms with Crippen LogP contribution in [-0.4, -0.2) is 52.0 Å². The van der Waals surface area contributed by atoms with Crippen LogP contribution in [0.5, 0.6) is 0 Å². The lowest BCUT2D eigenvalue weighted by Gasteiger charge is -2.20. The van der Waals surface area contributed by atoms with Gasteiger partial charge in [-0.3, -0.25) is 9.48 Å². The average Bonchev–Trinajstić information content (AvgIpc) is 3.25. The Morgan fingerprint density at radius 3 is 2.70 bits per heavy atom. The summed E-state index contributed by atoms with van der Waals surface area (Å²) in [6.45, 7) is 4.81. The number of nitrogens with zero attached hydrogens (tertiary/aromatic N) is 4. The number of aryl methyl sites for hydroxylation is 1. The van der Waals surface area contributed by atoms with Gasteiger partial charge in [-0.2, -0.15) is 0 Å². The Kier molecular flexibility index (Phi) is 6.02. The molecule has 1 aliphatic carbocycles. The van der Waals surface area contributed by atoms with Gasteiger partial charge >= 0.3 is 0 Å². The highest BCUT2D eigenvalue weighted by Gasteiger charge is 2.15. The van der Waals surface area contributed by atoms with Gasteiger partial charge in [0.25, 0.3) is 5.91 Å². The zero-order chi connectivity index (χ0) is 15.9. The van der Waals surface area contributed by atoms with E-state index in [0.717, 1.165) is 38.5 Å². The summed E-state index contributed by atoms with van der Waals surface area (Å²) in [7, 11) is 0. The highest BCUT2D eigenvalue weighted by molar-refractivity contribution is 5.91. The van der Waals surface area contributed by atoms with Gasteiger partial charge in [-0.1, -0.05) is 37.3 Å². The SMILES string of the molecule is O=C(NCCN1CCCC1)c1cn(CCC2CCCCC2)nn1. The molecule has 1 aromatic rings. The predicted molar refractivity (Wildman–Crippen MR) is 89.2 cm³/mol. The molecule has 6 nitrogen and oxygen atoms in total. The second kappa shape index (κ2) is 8.43. The third kappa shape index (κ3) is 5.03. The third-order valence-electron chi connectivity index (χ3n) is 5.17. The number of amides is 1. The molecule has 1 saturated carbocycles. The summed E-state index contributed by atoms with van der Waals surface area (Å²) >= 11 is 0. The number of carbonyl (C=O) groups is 1. The van der Waals surface area contributed by atoms with Crippen molar-refractivity contribution in [1.82, 2.24) is 25.2 Å². The van der Waals surface area contributed by atoms with Crippen LogP contribution in [0.4, 0.5) is 0 Å². The first-order valence-corrected chi connectivity index (χ1v) is 9.22. The van der Waals surface area contributed by atoms with E-state index in [9.17, 15) is 4.79 Å². The summed E-state index contributed by atoms with van der Waals surface area (Å²) in [6, 6.07) is 0. The normalized spacial score (nSPS) is 20.0. The standard InChI is InChI=1S/C17H29N5O/c23-17(18-9-13-21-10-4-5-11-21)16-14-22(20-19-16)12-8-15-6-2-1-3-7-15/h14-15H,1-13H2,(H,18,23). The van der Waals surface area contributed by atoms with Crippen LogP contribution in [-0.2, 0) is 6.54 Å². The van der Waals surface area contributed by atoms with Crippen LogP contribution in [0.3, 0.4) is 0 Å². The molecule has 2 fully saturated rings. The van der Waals surface area contributed by atoms with Crippen LogP contribution in [0, 0.1) is 5.92 Å². The molecular formula is C17H29N5O. The number of aromatic nitrogens is 3. The lowest BCUT2D eigenvalue weighted by Crippen LogP contribution is -2.33. The summed E-state index contributed by atoms with van der Waals surface area (Å²) in [5.41, 5.74) is 0.440. The second-order valence-corrected chi connectivity index (χ2v) is 6.96. The van der Waals surface area contributed by atoms with E-state index in [-0.39, 0.29) is 5.91 Å². The number of carbonyl (C=O) groups excluding carboxylic acids is 1. The Hall–Kier alpha value is -1.43. The highest BCUT2D eigenvalue weighted by Crippen LogP contribution is 2.26. The summed E-state index contributed by atoms with van der Waals surface area (Å²) in [5.74, 6) is 0.721. The van der Waals surface area contributed by atoms with Crippen LogP contribution in [0.15, 0.2) is 6.20 Å². The van der Waals surface area contributed by atoms with Gasteiger partial charge < -0.3 is 10.2 Å². The minimum Gasteiger partial charge on any atom is -0.349 e. The van der Waals surface area contributed by atoms with Crippen molar-refractivity contribution in [3.63, 3.8) is 0 Å². The fourth-order valence-electron chi connectivity index (χ4n) is 3.73. The van der Waals surface area contributed by atoms with Crippen molar-refractivity contribution in [3.05, 3.63) is 11.9 Å². The monoisotopic (exact) mass is 319 g/mol. The summed E-state index contributed by atoms with van der Waals surface area (Å²) in [5, 5.41) is 11.1. The zero-order valence-electron chi connectivity index (χ0n) is 14.0. The molecule has 6 heteroatoms. The topological polar surface area (TPSA) is 63.1 Å². The fourth-order valence-corrected chi connectivity index (χ4v) is 3.73. The van der Waals surface area contributed by atoms with Crippen LogP contribution in [0.25, 0.3) is 0 Å². The van der Waals surface area contributed by atoms with E-state index in [1.54, 1.807) is 6.20 Å². The molecule has 2 aliphatic rings. The van der Waals surface area contributed by atoms with E-state index in [1.165, 1.54) is 44.9 Å². The van der Waals surface area contributed by atoms with E-state index in [4.69, 9.17) is 0 Å². The third-order valence-corrected chi connectivity index (χ3v) is 5.17. The van der Waals surface area contributed by atoms with Crippen LogP contribution in [0.1, 0.15) is 61.9 Å². The summed E-state index contributed by atoms with van der Waals surface area (Å²) in [4.78, 5) is 14.5. The van der Waals surface area contributed by atoms with Gasteiger partial charge in [-0.15, -0.1) is 5.10 Å². The van der Waals surface area contributed by atoms with Crippen molar-refractivity contribution >= 4 is 5.91 Å². The van der Waals surface area contributed by atoms with E-state index >= 15 is 0 Å². The molecule has 1 saturated heterocycles. The Bertz CT molecular complexity index is 489. The van der Waals surface area contributed by atoms with Gasteiger partial charge in [0.1, 0.15) is 0 Å². The lowest BCUT2D eigenvalue weighted by atomic mass is 9.87. The molecule has 3 rings (SSSR count). The molecule has 0 atom stereocenters. The molecule has 23 heavy (non-hydrogen) atoms. The molecule has 2 heterocycles. The van der Waals surface area contributed by atoms with Gasteiger partial charge in [0.05, 0.1) is 6.20 Å². The van der Waals surface area contributed by atoms with E-state index in [1.807, 2.05) is 4.68 Å². The second-order valence-electron chi connectivity index (χ2n) is 6.96. The molecule has 1 aliphatic heterocycles. The quantitative estimate of drug-likeness (QED) is 0.836. The number of hydrogen-bond donors (Lipinski definition) is 1. The Labute approximate surface area is 138 Å². The van der Waals surface area contributed by atoms with Crippen LogP contribution in [0.2, 0.25) is 0 Å². The van der Waals surface area contributed by atoms with Gasteiger partial charge in [0.2, 0.25) is 0 Å². The maximum Gasteiger partial charge on any atom is 0.273 e. The average molecular weight is 319 g/mol. The Balaban J connectivity index is 1.37. The smallest absolute Gasteiger partial charge is 0.273 e. The first-order chi connectivity index (χ1) is 11.3. The number of rotatable bonds is 7. The predicted octanol–water partition coefficient (Wildman–Crippen LogP) is 2.07. The van der Waals surface area contributed by atoms with Gasteiger partial charge in [-0.05, 0) is 38.3 Å². The van der Waals surface area contributed by atoms with E-state index in [2.05, 4.69) is 20.5 Å². The first kappa shape index (κ1) is 16.4. The van der Waals surface area contributed by atoms with Crippen molar-refractivity contribution < 1.29 is 4.79 Å². The number of likely N-dealkylation sites (tertiary alicyclic amines) is 1. The molecule has 0 aromatic carbocycles. The van der Waals surface area contributed by atoms with Crippen LogP contribution < -0.4 is 5.32 Å². The summed E-state index contributed by atoms with van der Waals surface area (Å²) < 4.78 is 1.82. The Morgan fingerprint density at radius 2 is 1.91 bits per heavy atom. The van der Waals surface area contributed by atoms with Gasteiger partial charge in [0.15, 0.2) is 5.69 Å². The minimum absolute atomic E-state index is 0.104. The van der Waals surface area contributed by atoms with Crippen molar-refractivity contribution in [2.45, 2.75) is 57.9 Å². The molecule has 0 unspecified atom stereocenters. The van der Waals surface area contributed by atoms with Crippen molar-refractivity contribution in [2.24, 2.45) is 5.92 Å². The molecule has 1 aromatic heterocycles. The number of hydrogen-bond acceptors (Lipinski definition) is 4. The van der Waals surface area contributed by atoms with E-state index < -0.39 is 0 Å². The summed E-state index contributed by atoms with van der Waals surface area (Å²) in [6.07, 6.45) is 12.3. The maximum absolute atomic E-state index is 12.1. The van der Waals surface area contributed by atoms with Crippen molar-refractivity contribution in [3.8, 4) is 0 Å². The number of nitrogens with one attached hydrogen (secondary N) is 1. The highest BCUT2D eigenvalue weighted by atomic mass is 16.2. The molecule has 0 bridgehead atoms. The fraction of sp³-hybridized carbons (Fsp3) is 0.824. The minimum atomic E-state index is -0.104. The van der Waals surface area contributed by atoms with Crippen molar-refractivity contribution in [1.29, 1.82) is 0 Å². The first-order valence-electron chi connectivity index (χ1n) is 9.22. The molecule has 1 amide bonds. The van der Waals surface area contributed by atoms with Gasteiger partial charge in [-0.25, -0.2) is 0 Å². The zero-order valence-corrected chi connectivity index (χ0v) is 14.0. The van der Waals surface area contributed by atoms with E-state index in [0.29, 0.717) is 12.2 Å². The molecule has 0 spiro atoms. The lowest BCUT2D eigenvalue weighted by molar-refractivity contribution is 0.0944. The molecule has 128 valence electrons. The molecule has 1 N–H and O–H groups in total. The maximum atomic E-state index is 12.1. The van der Waals surface area contributed by atoms with Crippen molar-refractivity contribution in [2.75, 3.05) is 26.2 Å². The Morgan fingerprint density at radius 1 is 1.13 bits per heavy atom. The van der Waals surface area contributed by atoms with Gasteiger partial charge in [0, 0.05) is 19.6 Å².